The third-order valence-electron chi connectivity index (χ3n) is 3.56. The Hall–Kier alpha value is -1.39. The van der Waals surface area contributed by atoms with Gasteiger partial charge in [0, 0.05) is 25.7 Å². The van der Waals surface area contributed by atoms with Gasteiger partial charge in [-0.05, 0) is 25.3 Å². The van der Waals surface area contributed by atoms with Gasteiger partial charge in [-0.3, -0.25) is 4.79 Å². The Morgan fingerprint density at radius 3 is 2.79 bits per heavy atom. The number of carbonyl (C=O) groups excluding carboxylic acids is 1. The summed E-state index contributed by atoms with van der Waals surface area (Å²) in [7, 11) is 0. The first-order valence-electron chi connectivity index (χ1n) is 6.90. The summed E-state index contributed by atoms with van der Waals surface area (Å²) in [6.45, 7) is 3.54. The molecule has 0 aliphatic carbocycles. The van der Waals surface area contributed by atoms with Gasteiger partial charge >= 0.3 is 0 Å². The van der Waals surface area contributed by atoms with E-state index >= 15 is 0 Å². The monoisotopic (exact) mass is 262 g/mol. The topological polar surface area (TPSA) is 52.6 Å². The van der Waals surface area contributed by atoms with Crippen LogP contribution in [0.15, 0.2) is 30.3 Å². The zero-order chi connectivity index (χ0) is 13.7. The van der Waals surface area contributed by atoms with Gasteiger partial charge in [-0.15, -0.1) is 0 Å². The molecule has 0 saturated carbocycles. The van der Waals surface area contributed by atoms with Gasteiger partial charge in [-0.1, -0.05) is 30.3 Å². The molecule has 1 aromatic carbocycles. The molecule has 19 heavy (non-hydrogen) atoms. The molecule has 104 valence electrons. The van der Waals surface area contributed by atoms with E-state index in [1.54, 1.807) is 0 Å². The average molecular weight is 262 g/mol. The van der Waals surface area contributed by atoms with Crippen LogP contribution in [-0.4, -0.2) is 41.1 Å². The van der Waals surface area contributed by atoms with Crippen LogP contribution < -0.4 is 5.32 Å². The Labute approximate surface area is 114 Å². The number of aliphatic hydroxyl groups excluding tert-OH is 1. The van der Waals surface area contributed by atoms with Crippen molar-refractivity contribution in [1.82, 2.24) is 10.2 Å². The summed E-state index contributed by atoms with van der Waals surface area (Å²) in [5, 5.41) is 12.4. The summed E-state index contributed by atoms with van der Waals surface area (Å²) in [4.78, 5) is 14.3. The molecule has 2 unspecified atom stereocenters. The van der Waals surface area contributed by atoms with Crippen molar-refractivity contribution < 1.29 is 9.90 Å². The Morgan fingerprint density at radius 1 is 1.37 bits per heavy atom. The number of hydrogen-bond acceptors (Lipinski definition) is 3. The fourth-order valence-corrected chi connectivity index (χ4v) is 2.47. The summed E-state index contributed by atoms with van der Waals surface area (Å²) in [6, 6.07) is 10.1. The molecular weight excluding hydrogens is 240 g/mol. The Morgan fingerprint density at radius 2 is 2.11 bits per heavy atom. The van der Waals surface area contributed by atoms with Crippen LogP contribution in [0.5, 0.6) is 0 Å². The van der Waals surface area contributed by atoms with Gasteiger partial charge in [0.15, 0.2) is 0 Å². The average Bonchev–Trinajstić information content (AvgIpc) is 2.54. The fourth-order valence-electron chi connectivity index (χ4n) is 2.47. The molecule has 2 rings (SSSR count). The van der Waals surface area contributed by atoms with Crippen molar-refractivity contribution >= 4 is 5.91 Å². The van der Waals surface area contributed by atoms with Crippen LogP contribution in [0.1, 0.15) is 25.3 Å². The van der Waals surface area contributed by atoms with Crippen LogP contribution in [0.2, 0.25) is 0 Å². The maximum atomic E-state index is 12.4. The maximum Gasteiger partial charge on any atom is 0.240 e. The first-order valence-corrected chi connectivity index (χ1v) is 6.90. The van der Waals surface area contributed by atoms with Gasteiger partial charge in [-0.25, -0.2) is 0 Å². The molecule has 0 spiro atoms. The number of benzene rings is 1. The minimum absolute atomic E-state index is 0.0370. The lowest BCUT2D eigenvalue weighted by Gasteiger charge is -2.24. The highest BCUT2D eigenvalue weighted by molar-refractivity contribution is 5.82. The second kappa shape index (κ2) is 6.68. The van der Waals surface area contributed by atoms with Crippen molar-refractivity contribution in [3.63, 3.8) is 0 Å². The smallest absolute Gasteiger partial charge is 0.240 e. The van der Waals surface area contributed by atoms with Crippen molar-refractivity contribution in [2.24, 2.45) is 0 Å². The van der Waals surface area contributed by atoms with Crippen molar-refractivity contribution in [1.29, 1.82) is 0 Å². The van der Waals surface area contributed by atoms with Gasteiger partial charge < -0.3 is 15.3 Å². The summed E-state index contributed by atoms with van der Waals surface area (Å²) in [5.41, 5.74) is 1.15. The Kier molecular flexibility index (Phi) is 4.93. The van der Waals surface area contributed by atoms with E-state index in [0.717, 1.165) is 18.5 Å². The normalized spacial score (nSPS) is 24.3. The summed E-state index contributed by atoms with van der Waals surface area (Å²) in [5.74, 6) is 0.0993. The number of hydrogen-bond donors (Lipinski definition) is 2. The van der Waals surface area contributed by atoms with Gasteiger partial charge in [0.2, 0.25) is 5.91 Å². The van der Waals surface area contributed by atoms with E-state index in [1.165, 1.54) is 0 Å². The van der Waals surface area contributed by atoms with E-state index < -0.39 is 0 Å². The molecule has 1 amide bonds. The maximum absolute atomic E-state index is 12.4. The molecule has 1 aliphatic rings. The standard InChI is InChI=1S/C15H22N2O2/c1-12-7-9-17(11-13-5-3-2-4-6-13)15(19)14(16-12)8-10-18/h2-6,12,14,16,18H,7-11H2,1H3. The molecule has 1 aromatic rings. The van der Waals surface area contributed by atoms with Gasteiger partial charge in [0.1, 0.15) is 0 Å². The predicted molar refractivity (Wildman–Crippen MR) is 74.6 cm³/mol. The van der Waals surface area contributed by atoms with E-state index in [4.69, 9.17) is 5.11 Å². The highest BCUT2D eigenvalue weighted by Crippen LogP contribution is 2.13. The number of carbonyl (C=O) groups is 1. The Balaban J connectivity index is 2.08. The minimum Gasteiger partial charge on any atom is -0.396 e. The number of rotatable bonds is 4. The quantitative estimate of drug-likeness (QED) is 0.856. The zero-order valence-electron chi connectivity index (χ0n) is 11.4. The first kappa shape index (κ1) is 14.0. The number of nitrogens with one attached hydrogen (secondary N) is 1. The largest absolute Gasteiger partial charge is 0.396 e. The van der Waals surface area contributed by atoms with Crippen LogP contribution in [0.25, 0.3) is 0 Å². The lowest BCUT2D eigenvalue weighted by atomic mass is 10.1. The van der Waals surface area contributed by atoms with Crippen molar-refractivity contribution in [3.05, 3.63) is 35.9 Å². The fraction of sp³-hybridized carbons (Fsp3) is 0.533. The molecule has 0 bridgehead atoms. The van der Waals surface area contributed by atoms with Crippen molar-refractivity contribution in [2.75, 3.05) is 13.2 Å². The lowest BCUT2D eigenvalue weighted by molar-refractivity contribution is -0.133. The van der Waals surface area contributed by atoms with E-state index in [2.05, 4.69) is 12.2 Å². The third-order valence-corrected chi connectivity index (χ3v) is 3.56. The molecule has 1 saturated heterocycles. The number of amides is 1. The van der Waals surface area contributed by atoms with Crippen LogP contribution in [0, 0.1) is 0 Å². The SMILES string of the molecule is CC1CCN(Cc2ccccc2)C(=O)C(CCO)N1. The van der Waals surface area contributed by atoms with Gasteiger partial charge in [0.05, 0.1) is 6.04 Å². The highest BCUT2D eigenvalue weighted by atomic mass is 16.3. The van der Waals surface area contributed by atoms with E-state index in [-0.39, 0.29) is 18.6 Å². The third kappa shape index (κ3) is 3.78. The molecule has 0 aromatic heterocycles. The van der Waals surface area contributed by atoms with Crippen molar-refractivity contribution in [3.8, 4) is 0 Å². The Bertz CT molecular complexity index is 408. The molecular formula is C15H22N2O2. The molecule has 1 aliphatic heterocycles. The molecule has 4 heteroatoms. The second-order valence-electron chi connectivity index (χ2n) is 5.17. The van der Waals surface area contributed by atoms with E-state index in [9.17, 15) is 4.79 Å². The summed E-state index contributed by atoms with van der Waals surface area (Å²) < 4.78 is 0. The zero-order valence-corrected chi connectivity index (χ0v) is 11.4. The lowest BCUT2D eigenvalue weighted by Crippen LogP contribution is -2.45. The van der Waals surface area contributed by atoms with Gasteiger partial charge in [0.25, 0.3) is 0 Å². The summed E-state index contributed by atoms with van der Waals surface area (Å²) >= 11 is 0. The van der Waals surface area contributed by atoms with Crippen LogP contribution in [0.4, 0.5) is 0 Å². The molecule has 4 nitrogen and oxygen atoms in total. The predicted octanol–water partition coefficient (Wildman–Crippen LogP) is 1.15. The number of aliphatic hydroxyl groups is 1. The van der Waals surface area contributed by atoms with Gasteiger partial charge in [-0.2, -0.15) is 0 Å². The van der Waals surface area contributed by atoms with Crippen LogP contribution in [-0.2, 0) is 11.3 Å². The minimum atomic E-state index is -0.258. The van der Waals surface area contributed by atoms with E-state index in [1.807, 2.05) is 35.2 Å². The first-order chi connectivity index (χ1) is 9.20. The van der Waals surface area contributed by atoms with Crippen LogP contribution >= 0.6 is 0 Å². The molecule has 0 radical (unpaired) electrons. The van der Waals surface area contributed by atoms with Crippen molar-refractivity contribution in [2.45, 2.75) is 38.4 Å². The molecule has 1 heterocycles. The van der Waals surface area contributed by atoms with Crippen LogP contribution in [0.3, 0.4) is 0 Å². The highest BCUT2D eigenvalue weighted by Gasteiger charge is 2.28. The van der Waals surface area contributed by atoms with E-state index in [0.29, 0.717) is 19.0 Å². The molecule has 1 fully saturated rings. The second-order valence-corrected chi connectivity index (χ2v) is 5.17. The number of nitrogens with zero attached hydrogens (tertiary/aromatic N) is 1. The molecule has 2 N–H and O–H groups in total. The summed E-state index contributed by atoms with van der Waals surface area (Å²) in [6.07, 6.45) is 1.43. The molecule has 2 atom stereocenters.